The van der Waals surface area contributed by atoms with E-state index < -0.39 is 5.60 Å². The Balaban J connectivity index is 2.47. The van der Waals surface area contributed by atoms with Crippen molar-refractivity contribution in [3.05, 3.63) is 0 Å². The molecule has 0 saturated carbocycles. The van der Waals surface area contributed by atoms with Gasteiger partial charge in [-0.1, -0.05) is 0 Å². The summed E-state index contributed by atoms with van der Waals surface area (Å²) in [6.45, 7) is 8.71. The summed E-state index contributed by atoms with van der Waals surface area (Å²) in [7, 11) is 0. The molecule has 1 amide bonds. The van der Waals surface area contributed by atoms with Gasteiger partial charge in [0.15, 0.2) is 0 Å². The third-order valence-corrected chi connectivity index (χ3v) is 2.45. The van der Waals surface area contributed by atoms with Crippen LogP contribution in [0.5, 0.6) is 0 Å². The lowest BCUT2D eigenvalue weighted by molar-refractivity contribution is 0.0292. The Morgan fingerprint density at radius 3 is 2.47 bits per heavy atom. The zero-order valence-electron chi connectivity index (χ0n) is 9.96. The van der Waals surface area contributed by atoms with Gasteiger partial charge in [-0.2, -0.15) is 0 Å². The van der Waals surface area contributed by atoms with E-state index in [4.69, 9.17) is 10.1 Å². The van der Waals surface area contributed by atoms with Gasteiger partial charge < -0.3 is 15.0 Å². The molecule has 1 heterocycles. The van der Waals surface area contributed by atoms with Gasteiger partial charge in [-0.25, -0.2) is 4.79 Å². The van der Waals surface area contributed by atoms with Gasteiger partial charge in [0.05, 0.1) is 0 Å². The number of carbonyl (C=O) groups is 1. The Morgan fingerprint density at radius 1 is 1.47 bits per heavy atom. The molecule has 1 N–H and O–H groups in total. The lowest BCUT2D eigenvalue weighted by atomic mass is 10.0. The highest BCUT2D eigenvalue weighted by molar-refractivity contribution is 5.82. The van der Waals surface area contributed by atoms with Crippen LogP contribution in [-0.4, -0.2) is 35.4 Å². The van der Waals surface area contributed by atoms with Crippen LogP contribution in [0.25, 0.3) is 0 Å². The number of amides is 1. The summed E-state index contributed by atoms with van der Waals surface area (Å²) < 4.78 is 5.27. The SMILES string of the molecule is CC(=N)C1CCN(C(=O)OC(C)(C)C)C1. The Morgan fingerprint density at radius 2 is 2.07 bits per heavy atom. The summed E-state index contributed by atoms with van der Waals surface area (Å²) >= 11 is 0. The van der Waals surface area contributed by atoms with Gasteiger partial charge in [0.25, 0.3) is 0 Å². The van der Waals surface area contributed by atoms with Gasteiger partial charge in [0.2, 0.25) is 0 Å². The minimum absolute atomic E-state index is 0.220. The number of hydrogen-bond donors (Lipinski definition) is 1. The molecule has 0 radical (unpaired) electrons. The fourth-order valence-electron chi connectivity index (χ4n) is 1.61. The average molecular weight is 212 g/mol. The number of ether oxygens (including phenoxy) is 1. The summed E-state index contributed by atoms with van der Waals surface area (Å²) in [5.41, 5.74) is 0.218. The first-order valence-electron chi connectivity index (χ1n) is 5.32. The van der Waals surface area contributed by atoms with Gasteiger partial charge in [-0.15, -0.1) is 0 Å². The molecule has 0 bridgehead atoms. The minimum atomic E-state index is -0.436. The number of carbonyl (C=O) groups excluding carboxylic acids is 1. The number of nitrogens with zero attached hydrogens (tertiary/aromatic N) is 1. The van der Waals surface area contributed by atoms with Crippen LogP contribution >= 0.6 is 0 Å². The molecule has 1 atom stereocenters. The molecule has 4 nitrogen and oxygen atoms in total. The van der Waals surface area contributed by atoms with Crippen LogP contribution < -0.4 is 0 Å². The third kappa shape index (κ3) is 3.53. The Kier molecular flexibility index (Phi) is 3.37. The van der Waals surface area contributed by atoms with Crippen LogP contribution in [-0.2, 0) is 4.74 Å². The van der Waals surface area contributed by atoms with Gasteiger partial charge in [-0.05, 0) is 34.1 Å². The molecule has 1 aliphatic rings. The molecule has 0 aliphatic carbocycles. The zero-order chi connectivity index (χ0) is 11.6. The molecule has 0 aromatic rings. The second-order valence-electron chi connectivity index (χ2n) is 5.09. The van der Waals surface area contributed by atoms with E-state index in [2.05, 4.69) is 0 Å². The van der Waals surface area contributed by atoms with E-state index in [9.17, 15) is 4.79 Å². The second-order valence-corrected chi connectivity index (χ2v) is 5.09. The van der Waals surface area contributed by atoms with Crippen LogP contribution in [0.3, 0.4) is 0 Å². The lowest BCUT2D eigenvalue weighted by Gasteiger charge is -2.24. The van der Waals surface area contributed by atoms with Crippen LogP contribution in [0.2, 0.25) is 0 Å². The third-order valence-electron chi connectivity index (χ3n) is 2.45. The molecule has 1 aliphatic heterocycles. The molecule has 0 aromatic carbocycles. The van der Waals surface area contributed by atoms with Crippen LogP contribution in [0.1, 0.15) is 34.1 Å². The van der Waals surface area contributed by atoms with Crippen molar-refractivity contribution in [1.29, 1.82) is 5.41 Å². The maximum atomic E-state index is 11.7. The van der Waals surface area contributed by atoms with E-state index in [0.717, 1.165) is 6.42 Å². The molecule has 1 unspecified atom stereocenters. The largest absolute Gasteiger partial charge is 0.444 e. The van der Waals surface area contributed by atoms with Crippen LogP contribution in [0.4, 0.5) is 4.79 Å². The Hall–Kier alpha value is -1.06. The number of rotatable bonds is 1. The monoisotopic (exact) mass is 212 g/mol. The fraction of sp³-hybridized carbons (Fsp3) is 0.818. The maximum absolute atomic E-state index is 11.7. The summed E-state index contributed by atoms with van der Waals surface area (Å²) in [6, 6.07) is 0. The summed E-state index contributed by atoms with van der Waals surface area (Å²) in [4.78, 5) is 13.4. The highest BCUT2D eigenvalue weighted by atomic mass is 16.6. The smallest absolute Gasteiger partial charge is 0.410 e. The lowest BCUT2D eigenvalue weighted by Crippen LogP contribution is -2.35. The first kappa shape index (κ1) is 12.0. The molecule has 86 valence electrons. The quantitative estimate of drug-likeness (QED) is 0.678. The highest BCUT2D eigenvalue weighted by Crippen LogP contribution is 2.19. The normalized spacial score (nSPS) is 21.6. The Bertz CT molecular complexity index is 268. The van der Waals surface area contributed by atoms with E-state index >= 15 is 0 Å². The number of likely N-dealkylation sites (tertiary alicyclic amines) is 1. The van der Waals surface area contributed by atoms with Crippen molar-refractivity contribution in [3.63, 3.8) is 0 Å². The zero-order valence-corrected chi connectivity index (χ0v) is 9.96. The fourth-order valence-corrected chi connectivity index (χ4v) is 1.61. The minimum Gasteiger partial charge on any atom is -0.444 e. The van der Waals surface area contributed by atoms with Gasteiger partial charge in [0.1, 0.15) is 5.60 Å². The first-order chi connectivity index (χ1) is 6.79. The van der Waals surface area contributed by atoms with E-state index in [1.807, 2.05) is 20.8 Å². The predicted octanol–water partition coefficient (Wildman–Crippen LogP) is 2.28. The molecule has 15 heavy (non-hydrogen) atoms. The standard InChI is InChI=1S/C11H20N2O2/c1-8(12)9-5-6-13(7-9)10(14)15-11(2,3)4/h9,12H,5-7H2,1-4H3. The van der Waals surface area contributed by atoms with E-state index in [0.29, 0.717) is 18.8 Å². The summed E-state index contributed by atoms with van der Waals surface area (Å²) in [5.74, 6) is 0.220. The molecule has 1 saturated heterocycles. The summed E-state index contributed by atoms with van der Waals surface area (Å²) in [5, 5.41) is 7.52. The van der Waals surface area contributed by atoms with Crippen molar-refractivity contribution in [3.8, 4) is 0 Å². The molecular weight excluding hydrogens is 192 g/mol. The first-order valence-corrected chi connectivity index (χ1v) is 5.32. The van der Waals surface area contributed by atoms with E-state index in [-0.39, 0.29) is 12.0 Å². The van der Waals surface area contributed by atoms with Crippen molar-refractivity contribution in [2.45, 2.75) is 39.7 Å². The molecular formula is C11H20N2O2. The van der Waals surface area contributed by atoms with Crippen LogP contribution in [0, 0.1) is 11.3 Å². The predicted molar refractivity (Wildman–Crippen MR) is 59.3 cm³/mol. The van der Waals surface area contributed by atoms with E-state index in [1.54, 1.807) is 11.8 Å². The Labute approximate surface area is 91.1 Å². The summed E-state index contributed by atoms with van der Waals surface area (Å²) in [6.07, 6.45) is 0.625. The second kappa shape index (κ2) is 4.21. The van der Waals surface area contributed by atoms with E-state index in [1.165, 1.54) is 0 Å². The van der Waals surface area contributed by atoms with Gasteiger partial charge in [0, 0.05) is 24.7 Å². The van der Waals surface area contributed by atoms with Crippen molar-refractivity contribution >= 4 is 11.8 Å². The highest BCUT2D eigenvalue weighted by Gasteiger charge is 2.30. The molecule has 1 fully saturated rings. The molecule has 1 rings (SSSR count). The van der Waals surface area contributed by atoms with Gasteiger partial charge >= 0.3 is 6.09 Å². The van der Waals surface area contributed by atoms with Crippen molar-refractivity contribution in [2.75, 3.05) is 13.1 Å². The van der Waals surface area contributed by atoms with Gasteiger partial charge in [-0.3, -0.25) is 0 Å². The topological polar surface area (TPSA) is 53.4 Å². The molecule has 0 spiro atoms. The molecule has 0 aromatic heterocycles. The van der Waals surface area contributed by atoms with Crippen molar-refractivity contribution in [2.24, 2.45) is 5.92 Å². The van der Waals surface area contributed by atoms with Crippen molar-refractivity contribution in [1.82, 2.24) is 4.90 Å². The number of nitrogens with one attached hydrogen (secondary N) is 1. The average Bonchev–Trinajstić information content (AvgIpc) is 2.47. The van der Waals surface area contributed by atoms with Crippen LogP contribution in [0.15, 0.2) is 0 Å². The maximum Gasteiger partial charge on any atom is 0.410 e. The van der Waals surface area contributed by atoms with Crippen molar-refractivity contribution < 1.29 is 9.53 Å². The molecule has 4 heteroatoms. The number of hydrogen-bond acceptors (Lipinski definition) is 3.